The normalized spacial score (nSPS) is 17.2. The van der Waals surface area contributed by atoms with Crippen molar-refractivity contribution >= 4 is 0 Å². The predicted octanol–water partition coefficient (Wildman–Crippen LogP) is 5.64. The summed E-state index contributed by atoms with van der Waals surface area (Å²) in [5.74, 6) is 1.08. The monoisotopic (exact) mass is 267 g/mol. The molecule has 0 heterocycles. The third-order valence-corrected chi connectivity index (χ3v) is 4.72. The van der Waals surface area contributed by atoms with Crippen LogP contribution < -0.4 is 0 Å². The van der Waals surface area contributed by atoms with Gasteiger partial charge in [-0.15, -0.1) is 0 Å². The van der Waals surface area contributed by atoms with Crippen LogP contribution >= 0.6 is 0 Å². The van der Waals surface area contributed by atoms with Crippen molar-refractivity contribution in [2.75, 3.05) is 19.6 Å². The van der Waals surface area contributed by atoms with E-state index in [1.54, 1.807) is 0 Å². The molecule has 1 heteroatoms. The van der Waals surface area contributed by atoms with Gasteiger partial charge in [-0.25, -0.2) is 0 Å². The van der Waals surface area contributed by atoms with Gasteiger partial charge in [0, 0.05) is 0 Å². The smallest absolute Gasteiger partial charge is 0.00187 e. The van der Waals surface area contributed by atoms with Gasteiger partial charge in [-0.2, -0.15) is 0 Å². The van der Waals surface area contributed by atoms with Crippen LogP contribution in [-0.4, -0.2) is 24.5 Å². The van der Waals surface area contributed by atoms with E-state index in [0.29, 0.717) is 0 Å². The molecule has 0 radical (unpaired) electrons. The van der Waals surface area contributed by atoms with Gasteiger partial charge in [-0.3, -0.25) is 0 Å². The molecule has 0 amide bonds. The van der Waals surface area contributed by atoms with Crippen LogP contribution in [-0.2, 0) is 0 Å². The summed E-state index contributed by atoms with van der Waals surface area (Å²) in [4.78, 5) is 2.72. The summed E-state index contributed by atoms with van der Waals surface area (Å²) < 4.78 is 0. The number of nitrogens with zero attached hydrogens (tertiary/aromatic N) is 1. The zero-order valence-electron chi connectivity index (χ0n) is 13.6. The molecule has 1 rings (SSSR count). The van der Waals surface area contributed by atoms with Crippen LogP contribution in [0.15, 0.2) is 0 Å². The van der Waals surface area contributed by atoms with E-state index in [1.807, 2.05) is 0 Å². The molecule has 0 aromatic heterocycles. The van der Waals surface area contributed by atoms with E-state index in [2.05, 4.69) is 18.7 Å². The largest absolute Gasteiger partial charge is 0.303 e. The fourth-order valence-corrected chi connectivity index (χ4v) is 3.34. The molecule has 0 saturated heterocycles. The van der Waals surface area contributed by atoms with Crippen LogP contribution in [0, 0.1) is 5.92 Å². The van der Waals surface area contributed by atoms with E-state index in [9.17, 15) is 0 Å². The number of hydrogen-bond donors (Lipinski definition) is 0. The van der Waals surface area contributed by atoms with Gasteiger partial charge in [0.25, 0.3) is 0 Å². The van der Waals surface area contributed by atoms with Gasteiger partial charge in [0.2, 0.25) is 0 Å². The zero-order chi connectivity index (χ0) is 13.8. The Morgan fingerprint density at radius 3 is 1.89 bits per heavy atom. The summed E-state index contributed by atoms with van der Waals surface area (Å²) in [7, 11) is 0. The summed E-state index contributed by atoms with van der Waals surface area (Å²) in [6.45, 7) is 8.63. The summed E-state index contributed by atoms with van der Waals surface area (Å²) in [6, 6.07) is 0. The summed E-state index contributed by atoms with van der Waals surface area (Å²) in [5, 5.41) is 0. The maximum Gasteiger partial charge on any atom is -0.00187 e. The van der Waals surface area contributed by atoms with E-state index in [0.717, 1.165) is 5.92 Å². The minimum atomic E-state index is 1.08. The lowest BCUT2D eigenvalue weighted by atomic mass is 9.86. The van der Waals surface area contributed by atoms with Crippen molar-refractivity contribution in [1.29, 1.82) is 0 Å². The fourth-order valence-electron chi connectivity index (χ4n) is 3.34. The van der Waals surface area contributed by atoms with Crippen molar-refractivity contribution in [3.05, 3.63) is 0 Å². The lowest BCUT2D eigenvalue weighted by Crippen LogP contribution is -2.27. The first-order chi connectivity index (χ1) is 9.36. The van der Waals surface area contributed by atoms with Crippen molar-refractivity contribution in [2.45, 2.75) is 90.9 Å². The minimum Gasteiger partial charge on any atom is -0.303 e. The second-order valence-corrected chi connectivity index (χ2v) is 6.55. The Bertz CT molecular complexity index is 176. The Balaban J connectivity index is 2.04. The molecule has 0 spiro atoms. The highest BCUT2D eigenvalue weighted by atomic mass is 15.1. The van der Waals surface area contributed by atoms with Crippen molar-refractivity contribution in [3.8, 4) is 0 Å². The molecule has 1 nitrogen and oxygen atoms in total. The Labute approximate surface area is 122 Å². The molecule has 1 aliphatic rings. The highest BCUT2D eigenvalue weighted by Gasteiger charge is 2.12. The second kappa shape index (κ2) is 11.8. The van der Waals surface area contributed by atoms with Crippen LogP contribution in [0.4, 0.5) is 0 Å². The van der Waals surface area contributed by atoms with Crippen molar-refractivity contribution in [1.82, 2.24) is 4.90 Å². The average Bonchev–Trinajstić information content (AvgIpc) is 2.46. The number of rotatable bonds is 11. The van der Waals surface area contributed by atoms with Crippen LogP contribution in [0.5, 0.6) is 0 Å². The predicted molar refractivity (Wildman–Crippen MR) is 86.7 cm³/mol. The Morgan fingerprint density at radius 1 is 0.737 bits per heavy atom. The maximum absolute atomic E-state index is 2.72. The minimum absolute atomic E-state index is 1.08. The topological polar surface area (TPSA) is 3.24 Å². The molecule has 114 valence electrons. The van der Waals surface area contributed by atoms with Gasteiger partial charge in [0.05, 0.1) is 0 Å². The first-order valence-corrected chi connectivity index (χ1v) is 9.09. The van der Waals surface area contributed by atoms with Gasteiger partial charge < -0.3 is 4.90 Å². The summed E-state index contributed by atoms with van der Waals surface area (Å²) in [6.07, 6.45) is 17.4. The quantitative estimate of drug-likeness (QED) is 0.438. The van der Waals surface area contributed by atoms with E-state index in [-0.39, 0.29) is 0 Å². The van der Waals surface area contributed by atoms with Gasteiger partial charge >= 0.3 is 0 Å². The number of unbranched alkanes of at least 4 members (excludes halogenated alkanes) is 3. The highest BCUT2D eigenvalue weighted by Crippen LogP contribution is 2.27. The van der Waals surface area contributed by atoms with Gasteiger partial charge in [-0.1, -0.05) is 71.6 Å². The standard InChI is InChI=1S/C18H37N/c1-3-5-15-19(16-6-4-2)17-11-10-14-18-12-8-7-9-13-18/h18H,3-17H2,1-2H3. The van der Waals surface area contributed by atoms with Crippen molar-refractivity contribution in [3.63, 3.8) is 0 Å². The van der Waals surface area contributed by atoms with E-state index >= 15 is 0 Å². The lowest BCUT2D eigenvalue weighted by molar-refractivity contribution is 0.252. The average molecular weight is 268 g/mol. The third-order valence-electron chi connectivity index (χ3n) is 4.72. The molecule has 0 atom stereocenters. The van der Waals surface area contributed by atoms with Crippen LogP contribution in [0.1, 0.15) is 90.9 Å². The Morgan fingerprint density at radius 2 is 1.32 bits per heavy atom. The van der Waals surface area contributed by atoms with Crippen LogP contribution in [0.3, 0.4) is 0 Å². The van der Waals surface area contributed by atoms with E-state index < -0.39 is 0 Å². The van der Waals surface area contributed by atoms with Crippen LogP contribution in [0.25, 0.3) is 0 Å². The summed E-state index contributed by atoms with van der Waals surface area (Å²) in [5.41, 5.74) is 0. The first-order valence-electron chi connectivity index (χ1n) is 9.09. The molecule has 1 fully saturated rings. The first kappa shape index (κ1) is 17.0. The molecule has 19 heavy (non-hydrogen) atoms. The Kier molecular flexibility index (Phi) is 10.5. The van der Waals surface area contributed by atoms with Gasteiger partial charge in [-0.05, 0) is 44.8 Å². The van der Waals surface area contributed by atoms with Crippen molar-refractivity contribution < 1.29 is 0 Å². The van der Waals surface area contributed by atoms with E-state index in [4.69, 9.17) is 0 Å². The molecule has 0 aliphatic heterocycles. The molecule has 0 bridgehead atoms. The SMILES string of the molecule is CCCCN(CCCC)CCCCC1CCCCC1. The molecule has 1 saturated carbocycles. The second-order valence-electron chi connectivity index (χ2n) is 6.55. The van der Waals surface area contributed by atoms with Crippen LogP contribution in [0.2, 0.25) is 0 Å². The Hall–Kier alpha value is -0.0400. The fraction of sp³-hybridized carbons (Fsp3) is 1.00. The van der Waals surface area contributed by atoms with Gasteiger partial charge in [0.1, 0.15) is 0 Å². The molecular weight excluding hydrogens is 230 g/mol. The van der Waals surface area contributed by atoms with Gasteiger partial charge in [0.15, 0.2) is 0 Å². The molecular formula is C18H37N. The molecule has 1 aliphatic carbocycles. The lowest BCUT2D eigenvalue weighted by Gasteiger charge is -2.24. The number of hydrogen-bond acceptors (Lipinski definition) is 1. The molecule has 0 aromatic rings. The highest BCUT2D eigenvalue weighted by molar-refractivity contribution is 4.66. The molecule has 0 N–H and O–H groups in total. The zero-order valence-corrected chi connectivity index (χ0v) is 13.6. The van der Waals surface area contributed by atoms with Crippen molar-refractivity contribution in [2.24, 2.45) is 5.92 Å². The summed E-state index contributed by atoms with van der Waals surface area (Å²) >= 11 is 0. The molecule has 0 aromatic carbocycles. The third kappa shape index (κ3) is 8.68. The van der Waals surface area contributed by atoms with E-state index in [1.165, 1.54) is 96.7 Å². The molecule has 0 unspecified atom stereocenters. The maximum atomic E-state index is 2.72.